The van der Waals surface area contributed by atoms with Gasteiger partial charge in [0, 0.05) is 77.3 Å². The topological polar surface area (TPSA) is 57.1 Å². The van der Waals surface area contributed by atoms with Crippen LogP contribution in [0.15, 0.2) is 140 Å². The maximum absolute atomic E-state index is 6.05. The second-order valence-corrected chi connectivity index (χ2v) is 18.8. The molecule has 0 unspecified atom stereocenters. The van der Waals surface area contributed by atoms with E-state index in [2.05, 4.69) is 155 Å². The van der Waals surface area contributed by atoms with Gasteiger partial charge in [0.15, 0.2) is 0 Å². The van der Waals surface area contributed by atoms with Crippen molar-refractivity contribution in [2.75, 3.05) is 13.2 Å². The Labute approximate surface area is 430 Å². The first-order valence-electron chi connectivity index (χ1n) is 23.3. The molecule has 7 heteroatoms. The van der Waals surface area contributed by atoms with Crippen LogP contribution in [0, 0.1) is 54.5 Å². The Hall–Kier alpha value is -6.05. The summed E-state index contributed by atoms with van der Waals surface area (Å²) in [4.78, 5) is 14.4. The number of halogens is 2. The highest BCUT2D eigenvalue weighted by molar-refractivity contribution is 14.1. The number of unbranched alkanes of at least 4 members (excludes halogenated alkanes) is 6. The Morgan fingerprint density at radius 1 is 0.382 bits per heavy atom. The summed E-state index contributed by atoms with van der Waals surface area (Å²) in [6, 6.07) is 42.6. The van der Waals surface area contributed by atoms with Crippen LogP contribution < -0.4 is 0 Å². The first kappa shape index (κ1) is 49.8. The van der Waals surface area contributed by atoms with E-state index in [9.17, 15) is 0 Å². The number of benzene rings is 4. The van der Waals surface area contributed by atoms with E-state index in [0.29, 0.717) is 13.2 Å². The summed E-state index contributed by atoms with van der Waals surface area (Å²) in [5, 5.41) is 0. The lowest BCUT2D eigenvalue weighted by Crippen LogP contribution is -1.97. The van der Waals surface area contributed by atoms with Gasteiger partial charge in [0.1, 0.15) is 0 Å². The zero-order valence-corrected chi connectivity index (χ0v) is 43.0. The normalized spacial score (nSPS) is 10.4. The van der Waals surface area contributed by atoms with Gasteiger partial charge in [-0.1, -0.05) is 106 Å². The lowest BCUT2D eigenvalue weighted by atomic mass is 10.1. The Balaban J connectivity index is 1.03. The molecular weight excluding hydrogens is 1060 g/mol. The molecule has 3 aromatic heterocycles. The molecule has 68 heavy (non-hydrogen) atoms. The molecule has 7 rings (SSSR count). The van der Waals surface area contributed by atoms with Gasteiger partial charge in [-0.15, -0.1) is 0 Å². The van der Waals surface area contributed by atoms with Crippen molar-refractivity contribution >= 4 is 45.2 Å². The minimum atomic E-state index is 0.522. The van der Waals surface area contributed by atoms with E-state index in [0.717, 1.165) is 104 Å². The van der Waals surface area contributed by atoms with Gasteiger partial charge in [0.25, 0.3) is 0 Å². The van der Waals surface area contributed by atoms with E-state index < -0.39 is 0 Å². The summed E-state index contributed by atoms with van der Waals surface area (Å²) in [6.07, 6.45) is 13.0. The number of hydrogen-bond acceptors (Lipinski definition) is 5. The number of hydrogen-bond donors (Lipinski definition) is 0. The van der Waals surface area contributed by atoms with Crippen molar-refractivity contribution in [2.45, 2.75) is 78.4 Å². The first-order valence-corrected chi connectivity index (χ1v) is 25.5. The lowest BCUT2D eigenvalue weighted by Gasteiger charge is -2.06. The summed E-state index contributed by atoms with van der Waals surface area (Å²) in [5.41, 5.74) is 12.2. The van der Waals surface area contributed by atoms with Crippen LogP contribution in [-0.4, -0.2) is 28.2 Å². The smallest absolute Gasteiger partial charge is 0.0894 e. The van der Waals surface area contributed by atoms with Gasteiger partial charge in [-0.3, -0.25) is 9.97 Å². The van der Waals surface area contributed by atoms with Crippen LogP contribution in [0.1, 0.15) is 121 Å². The number of rotatable bonds is 16. The lowest BCUT2D eigenvalue weighted by molar-refractivity contribution is 0.116. The summed E-state index contributed by atoms with van der Waals surface area (Å²) in [6.45, 7) is 6.97. The van der Waals surface area contributed by atoms with Gasteiger partial charge in [-0.2, -0.15) is 0 Å². The van der Waals surface area contributed by atoms with E-state index in [-0.39, 0.29) is 0 Å². The molecule has 338 valence electrons. The molecule has 0 saturated carbocycles. The van der Waals surface area contributed by atoms with Crippen LogP contribution in [0.2, 0.25) is 0 Å². The molecule has 0 aliphatic heterocycles. The summed E-state index contributed by atoms with van der Waals surface area (Å²) < 4.78 is 14.5. The van der Waals surface area contributed by atoms with Gasteiger partial charge < -0.3 is 9.47 Å². The monoisotopic (exact) mass is 1110 g/mol. The van der Waals surface area contributed by atoms with Crippen LogP contribution in [0.5, 0.6) is 0 Å². The van der Waals surface area contributed by atoms with Crippen molar-refractivity contribution < 1.29 is 9.47 Å². The molecule has 0 aliphatic carbocycles. The van der Waals surface area contributed by atoms with E-state index in [4.69, 9.17) is 24.4 Å². The Kier molecular flexibility index (Phi) is 19.8. The standard InChI is InChI=1S/C61H53I2N3O2/c1-3-5-7-9-34-67-44-54-38-50(18-14-46-22-28-56(62)29-23-46)36-52(40-54)20-16-48-26-32-58(64-42-48)60-12-11-13-61(66-60)59-33-27-49(43-65-59)17-21-53-37-51(19-15-47-24-30-57(63)31-25-47)39-55(41-53)45-68-35-10-8-6-4-2/h11-13,22-33,36-43H,3-10,34-35,44-45H2,1-2H3. The van der Waals surface area contributed by atoms with Crippen LogP contribution in [0.25, 0.3) is 22.8 Å². The molecule has 0 N–H and O–H groups in total. The fourth-order valence-corrected chi connectivity index (χ4v) is 7.80. The number of nitrogens with zero attached hydrogens (tertiary/aromatic N) is 3. The highest BCUT2D eigenvalue weighted by Gasteiger charge is 2.07. The highest BCUT2D eigenvalue weighted by atomic mass is 127. The third kappa shape index (κ3) is 16.6. The van der Waals surface area contributed by atoms with E-state index in [1.54, 1.807) is 12.4 Å². The van der Waals surface area contributed by atoms with Gasteiger partial charge in [0.2, 0.25) is 0 Å². The third-order valence-electron chi connectivity index (χ3n) is 10.7. The molecule has 0 aliphatic rings. The molecular formula is C61H53I2N3O2. The molecule has 5 nitrogen and oxygen atoms in total. The highest BCUT2D eigenvalue weighted by Crippen LogP contribution is 2.21. The Bertz CT molecular complexity index is 2810. The zero-order chi connectivity index (χ0) is 47.2. The fraction of sp³-hybridized carbons (Fsp3) is 0.230. The largest absolute Gasteiger partial charge is 0.377 e. The van der Waals surface area contributed by atoms with Crippen molar-refractivity contribution in [1.82, 2.24) is 15.0 Å². The van der Waals surface area contributed by atoms with Gasteiger partial charge >= 0.3 is 0 Å². The van der Waals surface area contributed by atoms with E-state index >= 15 is 0 Å². The molecule has 0 bridgehead atoms. The van der Waals surface area contributed by atoms with Crippen LogP contribution >= 0.6 is 45.2 Å². The quantitative estimate of drug-likeness (QED) is 0.0548. The van der Waals surface area contributed by atoms with Gasteiger partial charge in [-0.25, -0.2) is 4.98 Å². The molecule has 0 spiro atoms. The Morgan fingerprint density at radius 3 is 1.12 bits per heavy atom. The average molecular weight is 1110 g/mol. The molecule has 0 saturated heterocycles. The molecule has 4 aromatic carbocycles. The molecule has 0 radical (unpaired) electrons. The summed E-state index contributed by atoms with van der Waals surface area (Å²) in [5.74, 6) is 26.6. The minimum Gasteiger partial charge on any atom is -0.377 e. The zero-order valence-electron chi connectivity index (χ0n) is 38.7. The van der Waals surface area contributed by atoms with E-state index in [1.807, 2.05) is 78.9 Å². The minimum absolute atomic E-state index is 0.522. The summed E-state index contributed by atoms with van der Waals surface area (Å²) >= 11 is 4.61. The molecule has 0 fully saturated rings. The van der Waals surface area contributed by atoms with Crippen LogP contribution in [0.4, 0.5) is 0 Å². The molecule has 0 amide bonds. The van der Waals surface area contributed by atoms with E-state index in [1.165, 1.54) is 45.7 Å². The summed E-state index contributed by atoms with van der Waals surface area (Å²) in [7, 11) is 0. The fourth-order valence-electron chi connectivity index (χ4n) is 7.08. The second-order valence-electron chi connectivity index (χ2n) is 16.3. The molecule has 0 atom stereocenters. The number of pyridine rings is 3. The SMILES string of the molecule is CCCCCCOCc1cc(C#Cc2ccc(I)cc2)cc(C#Cc2ccc(-c3cccc(-c4ccc(C#Cc5cc(C#Cc6ccc(I)cc6)cc(COCCCCCC)c5)cn4)n3)nc2)c1. The van der Waals surface area contributed by atoms with Crippen LogP contribution in [0.3, 0.4) is 0 Å². The maximum Gasteiger partial charge on any atom is 0.0894 e. The third-order valence-corrected chi connectivity index (χ3v) is 12.1. The van der Waals surface area contributed by atoms with Crippen molar-refractivity contribution in [3.05, 3.63) is 203 Å². The predicted molar refractivity (Wildman–Crippen MR) is 293 cm³/mol. The Morgan fingerprint density at radius 2 is 0.750 bits per heavy atom. The molecule has 3 heterocycles. The van der Waals surface area contributed by atoms with Crippen molar-refractivity contribution in [1.29, 1.82) is 0 Å². The maximum atomic E-state index is 6.05. The predicted octanol–water partition coefficient (Wildman–Crippen LogP) is 14.2. The number of ether oxygens (including phenoxy) is 2. The van der Waals surface area contributed by atoms with Gasteiger partial charge in [0.05, 0.1) is 36.0 Å². The number of aromatic nitrogens is 3. The van der Waals surface area contributed by atoms with Crippen molar-refractivity contribution in [3.63, 3.8) is 0 Å². The van der Waals surface area contributed by atoms with Crippen molar-refractivity contribution in [3.8, 4) is 70.1 Å². The van der Waals surface area contributed by atoms with Crippen LogP contribution in [-0.2, 0) is 22.7 Å². The van der Waals surface area contributed by atoms with Crippen molar-refractivity contribution in [2.24, 2.45) is 0 Å². The molecule has 7 aromatic rings. The average Bonchev–Trinajstić information content (AvgIpc) is 3.37. The van der Waals surface area contributed by atoms with Gasteiger partial charge in [-0.05, 0) is 190 Å². The second kappa shape index (κ2) is 27.1. The first-order chi connectivity index (χ1) is 33.4.